The lowest BCUT2D eigenvalue weighted by Crippen LogP contribution is -2.41. The first-order chi connectivity index (χ1) is 19.5. The van der Waals surface area contributed by atoms with Crippen LogP contribution in [0.1, 0.15) is 56.7 Å². The van der Waals surface area contributed by atoms with Crippen molar-refractivity contribution < 1.29 is 14.1 Å². The third kappa shape index (κ3) is 4.38. The standard InChI is InChI=1S/C30H31BN6O4/c1-18(34-27(38)24-25(32)35-36-16-10-15-33-26(24)36)22-17-19-11-9-14-21(31-40-29(2,3)30(4,5)41-31)23(19)28(39)37(22)20-12-7-6-8-13-20/h6-18H,1-5H3,(H2,32,35)(H,34,38)/t18-/m0/s1. The third-order valence-electron chi connectivity index (χ3n) is 8.07. The molecule has 1 atom stereocenters. The number of anilines is 1. The quantitative estimate of drug-likeness (QED) is 0.321. The van der Waals surface area contributed by atoms with Crippen molar-refractivity contribution in [3.05, 3.63) is 94.7 Å². The number of nitrogen functional groups attached to an aromatic ring is 1. The molecule has 11 heteroatoms. The molecule has 0 aliphatic carbocycles. The van der Waals surface area contributed by atoms with Crippen LogP contribution in [0.25, 0.3) is 22.1 Å². The molecule has 0 bridgehead atoms. The number of aromatic nitrogens is 4. The number of carbonyl (C=O) groups excluding carboxylic acids is 1. The molecule has 1 saturated heterocycles. The van der Waals surface area contributed by atoms with Gasteiger partial charge in [-0.05, 0) is 69.7 Å². The molecular weight excluding hydrogens is 519 g/mol. The van der Waals surface area contributed by atoms with Gasteiger partial charge in [0.15, 0.2) is 11.5 Å². The van der Waals surface area contributed by atoms with Crippen LogP contribution in [0.3, 0.4) is 0 Å². The number of nitrogens with zero attached hydrogens (tertiary/aromatic N) is 4. The number of fused-ring (bicyclic) bond motifs is 2. The highest BCUT2D eigenvalue weighted by Gasteiger charge is 2.52. The van der Waals surface area contributed by atoms with Crippen molar-refractivity contribution >= 4 is 40.7 Å². The summed E-state index contributed by atoms with van der Waals surface area (Å²) >= 11 is 0. The van der Waals surface area contributed by atoms with Crippen LogP contribution in [0.5, 0.6) is 0 Å². The van der Waals surface area contributed by atoms with Crippen LogP contribution in [0.15, 0.2) is 77.9 Å². The molecule has 0 unspecified atom stereocenters. The summed E-state index contributed by atoms with van der Waals surface area (Å²) in [6.45, 7) is 9.75. The lowest BCUT2D eigenvalue weighted by Gasteiger charge is -2.32. The average molecular weight is 550 g/mol. The molecule has 4 heterocycles. The van der Waals surface area contributed by atoms with E-state index < -0.39 is 30.3 Å². The second-order valence-electron chi connectivity index (χ2n) is 11.3. The van der Waals surface area contributed by atoms with E-state index in [0.29, 0.717) is 33.3 Å². The molecule has 0 radical (unpaired) electrons. The van der Waals surface area contributed by atoms with Crippen LogP contribution in [-0.2, 0) is 9.31 Å². The molecule has 1 aliphatic heterocycles. The van der Waals surface area contributed by atoms with Gasteiger partial charge in [0.1, 0.15) is 5.56 Å². The van der Waals surface area contributed by atoms with Crippen LogP contribution in [0.4, 0.5) is 5.82 Å². The molecule has 2 aromatic carbocycles. The van der Waals surface area contributed by atoms with Crippen LogP contribution < -0.4 is 22.1 Å². The fourth-order valence-corrected chi connectivity index (χ4v) is 5.20. The SMILES string of the molecule is C[C@H](NC(=O)c1c(N)nn2cccnc12)c1cc2cccc(B3OC(C)(C)C(C)(C)O3)c2c(=O)n1-c1ccccc1. The summed E-state index contributed by atoms with van der Waals surface area (Å²) in [6.07, 6.45) is 3.25. The first-order valence-electron chi connectivity index (χ1n) is 13.5. The summed E-state index contributed by atoms with van der Waals surface area (Å²) < 4.78 is 15.7. The minimum Gasteiger partial charge on any atom is -0.399 e. The Morgan fingerprint density at radius 3 is 2.44 bits per heavy atom. The molecule has 1 aliphatic rings. The van der Waals surface area contributed by atoms with Gasteiger partial charge < -0.3 is 20.4 Å². The number of nitrogens with two attached hydrogens (primary N) is 1. The van der Waals surface area contributed by atoms with Crippen molar-refractivity contribution in [2.75, 3.05) is 5.73 Å². The van der Waals surface area contributed by atoms with Crippen LogP contribution >= 0.6 is 0 Å². The topological polar surface area (TPSA) is 126 Å². The lowest BCUT2D eigenvalue weighted by molar-refractivity contribution is 0.00578. The summed E-state index contributed by atoms with van der Waals surface area (Å²) in [6, 6.07) is 18.0. The highest BCUT2D eigenvalue weighted by Crippen LogP contribution is 2.37. The smallest absolute Gasteiger partial charge is 0.399 e. The molecule has 41 heavy (non-hydrogen) atoms. The zero-order valence-electron chi connectivity index (χ0n) is 23.6. The molecule has 3 aromatic heterocycles. The molecule has 6 rings (SSSR count). The number of pyridine rings is 1. The first-order valence-corrected chi connectivity index (χ1v) is 13.5. The Morgan fingerprint density at radius 2 is 1.73 bits per heavy atom. The van der Waals surface area contributed by atoms with Gasteiger partial charge in [-0.15, -0.1) is 5.10 Å². The Balaban J connectivity index is 1.48. The molecule has 0 saturated carbocycles. The van der Waals surface area contributed by atoms with E-state index in [1.165, 1.54) is 4.52 Å². The molecule has 1 amide bonds. The monoisotopic (exact) mass is 550 g/mol. The van der Waals surface area contributed by atoms with E-state index in [0.717, 1.165) is 0 Å². The van der Waals surface area contributed by atoms with E-state index in [2.05, 4.69) is 15.4 Å². The number of carbonyl (C=O) groups is 1. The van der Waals surface area contributed by atoms with Gasteiger partial charge in [-0.3, -0.25) is 14.2 Å². The number of hydrogen-bond acceptors (Lipinski definition) is 7. The Kier molecular flexibility index (Phi) is 6.24. The van der Waals surface area contributed by atoms with Gasteiger partial charge in [0.25, 0.3) is 11.5 Å². The average Bonchev–Trinajstić information content (AvgIpc) is 3.38. The highest BCUT2D eigenvalue weighted by molar-refractivity contribution is 6.65. The van der Waals surface area contributed by atoms with E-state index in [1.54, 1.807) is 23.0 Å². The van der Waals surface area contributed by atoms with E-state index in [1.807, 2.05) is 89.2 Å². The van der Waals surface area contributed by atoms with Gasteiger partial charge in [-0.25, -0.2) is 9.50 Å². The molecular formula is C30H31BN6O4. The van der Waals surface area contributed by atoms with Crippen molar-refractivity contribution in [3.8, 4) is 5.69 Å². The van der Waals surface area contributed by atoms with E-state index in [4.69, 9.17) is 15.0 Å². The maximum Gasteiger partial charge on any atom is 0.495 e. The minimum atomic E-state index is -0.713. The molecule has 10 nitrogen and oxygen atoms in total. The van der Waals surface area contributed by atoms with Gasteiger partial charge in [0, 0.05) is 29.2 Å². The number of hydrogen-bond donors (Lipinski definition) is 2. The maximum absolute atomic E-state index is 14.4. The Hall–Kier alpha value is -4.48. The second kappa shape index (κ2) is 9.57. The largest absolute Gasteiger partial charge is 0.495 e. The summed E-state index contributed by atoms with van der Waals surface area (Å²) in [5.41, 5.74) is 7.16. The van der Waals surface area contributed by atoms with E-state index >= 15 is 0 Å². The van der Waals surface area contributed by atoms with Gasteiger partial charge in [0.05, 0.1) is 17.2 Å². The second-order valence-corrected chi connectivity index (χ2v) is 11.3. The van der Waals surface area contributed by atoms with E-state index in [9.17, 15) is 9.59 Å². The zero-order chi connectivity index (χ0) is 29.1. The van der Waals surface area contributed by atoms with Crippen molar-refractivity contribution in [2.45, 2.75) is 51.9 Å². The predicted molar refractivity (Wildman–Crippen MR) is 159 cm³/mol. The molecule has 0 spiro atoms. The van der Waals surface area contributed by atoms with E-state index in [-0.39, 0.29) is 16.9 Å². The Labute approximate surface area is 237 Å². The van der Waals surface area contributed by atoms with Gasteiger partial charge in [-0.1, -0.05) is 36.4 Å². The third-order valence-corrected chi connectivity index (χ3v) is 8.07. The number of benzene rings is 2. The van der Waals surface area contributed by atoms with Gasteiger partial charge in [-0.2, -0.15) is 0 Å². The fraction of sp³-hybridized carbons (Fsp3) is 0.267. The fourth-order valence-electron chi connectivity index (χ4n) is 5.20. The maximum atomic E-state index is 14.4. The Bertz CT molecular complexity index is 1850. The Morgan fingerprint density at radius 1 is 1.02 bits per heavy atom. The number of rotatable bonds is 5. The summed E-state index contributed by atoms with van der Waals surface area (Å²) in [5, 5.41) is 8.40. The lowest BCUT2D eigenvalue weighted by atomic mass is 9.76. The van der Waals surface area contributed by atoms with Crippen molar-refractivity contribution in [1.82, 2.24) is 24.5 Å². The van der Waals surface area contributed by atoms with Crippen LogP contribution in [0.2, 0.25) is 0 Å². The molecule has 3 N–H and O–H groups in total. The summed E-state index contributed by atoms with van der Waals surface area (Å²) in [4.78, 5) is 32.1. The summed E-state index contributed by atoms with van der Waals surface area (Å²) in [7, 11) is -0.713. The van der Waals surface area contributed by atoms with Crippen molar-refractivity contribution in [2.24, 2.45) is 0 Å². The predicted octanol–water partition coefficient (Wildman–Crippen LogP) is 3.41. The molecule has 5 aromatic rings. The number of amides is 1. The van der Waals surface area contributed by atoms with Crippen molar-refractivity contribution in [3.63, 3.8) is 0 Å². The molecule has 1 fully saturated rings. The van der Waals surface area contributed by atoms with Crippen LogP contribution in [-0.4, -0.2) is 43.4 Å². The number of para-hydroxylation sites is 1. The normalized spacial score (nSPS) is 16.8. The highest BCUT2D eigenvalue weighted by atomic mass is 16.7. The summed E-state index contributed by atoms with van der Waals surface area (Å²) in [5.74, 6) is -0.374. The van der Waals surface area contributed by atoms with Gasteiger partial charge in [0.2, 0.25) is 0 Å². The van der Waals surface area contributed by atoms with Gasteiger partial charge >= 0.3 is 7.12 Å². The van der Waals surface area contributed by atoms with Crippen molar-refractivity contribution in [1.29, 1.82) is 0 Å². The zero-order valence-corrected chi connectivity index (χ0v) is 23.6. The first kappa shape index (κ1) is 26.7. The number of nitrogens with one attached hydrogen (secondary N) is 1. The van der Waals surface area contributed by atoms with Crippen LogP contribution in [0, 0.1) is 0 Å². The minimum absolute atomic E-state index is 0.0689. The molecule has 208 valence electrons.